The van der Waals surface area contributed by atoms with E-state index in [2.05, 4.69) is 9.97 Å². The number of aromatic nitrogens is 2. The van der Waals surface area contributed by atoms with E-state index in [1.165, 1.54) is 6.42 Å². The molecule has 1 aromatic carbocycles. The Morgan fingerprint density at radius 2 is 1.66 bits per heavy atom. The quantitative estimate of drug-likeness (QED) is 0.803. The number of piperidine rings is 2. The molecule has 6 heteroatoms. The minimum absolute atomic E-state index is 0.0401. The Kier molecular flexibility index (Phi) is 5.88. The van der Waals surface area contributed by atoms with E-state index in [0.717, 1.165) is 56.8 Å². The first kappa shape index (κ1) is 19.6. The topological polar surface area (TPSA) is 66.4 Å². The Morgan fingerprint density at radius 1 is 0.931 bits per heavy atom. The highest BCUT2D eigenvalue weighted by molar-refractivity contribution is 5.95. The third kappa shape index (κ3) is 4.31. The number of nitrogens with zero attached hydrogens (tertiary/aromatic N) is 4. The lowest BCUT2D eigenvalue weighted by molar-refractivity contribution is 0.0704. The fourth-order valence-corrected chi connectivity index (χ4v) is 4.29. The zero-order chi connectivity index (χ0) is 20.2. The Morgan fingerprint density at radius 3 is 2.38 bits per heavy atom. The maximum Gasteiger partial charge on any atom is 0.257 e. The third-order valence-corrected chi connectivity index (χ3v) is 5.97. The molecule has 1 unspecified atom stereocenters. The number of rotatable bonds is 3. The first-order valence-corrected chi connectivity index (χ1v) is 10.6. The molecule has 0 spiro atoms. The zero-order valence-corrected chi connectivity index (χ0v) is 17.0. The van der Waals surface area contributed by atoms with Crippen LogP contribution in [-0.4, -0.2) is 57.8 Å². The van der Waals surface area contributed by atoms with Crippen molar-refractivity contribution in [3.05, 3.63) is 59.2 Å². The van der Waals surface area contributed by atoms with Crippen molar-refractivity contribution in [1.82, 2.24) is 19.8 Å². The second-order valence-electron chi connectivity index (χ2n) is 8.04. The fourth-order valence-electron chi connectivity index (χ4n) is 4.29. The molecular weight excluding hydrogens is 364 g/mol. The lowest BCUT2D eigenvalue weighted by atomic mass is 9.96. The maximum atomic E-state index is 12.8. The van der Waals surface area contributed by atoms with E-state index in [9.17, 15) is 9.59 Å². The summed E-state index contributed by atoms with van der Waals surface area (Å²) in [6, 6.07) is 9.40. The molecule has 2 saturated heterocycles. The van der Waals surface area contributed by atoms with Crippen molar-refractivity contribution in [1.29, 1.82) is 0 Å². The second kappa shape index (κ2) is 8.72. The van der Waals surface area contributed by atoms with E-state index in [-0.39, 0.29) is 17.7 Å². The van der Waals surface area contributed by atoms with Crippen LogP contribution in [0.3, 0.4) is 0 Å². The molecule has 29 heavy (non-hydrogen) atoms. The fraction of sp³-hybridized carbons (Fsp3) is 0.478. The van der Waals surface area contributed by atoms with E-state index in [4.69, 9.17) is 0 Å². The molecule has 2 aliphatic heterocycles. The Hall–Kier alpha value is -2.76. The minimum Gasteiger partial charge on any atom is -0.339 e. The van der Waals surface area contributed by atoms with Gasteiger partial charge in [-0.05, 0) is 51.2 Å². The number of aryl methyl sites for hydroxylation is 1. The van der Waals surface area contributed by atoms with E-state index in [1.807, 2.05) is 47.1 Å². The van der Waals surface area contributed by atoms with Gasteiger partial charge in [-0.1, -0.05) is 18.2 Å². The first-order valence-electron chi connectivity index (χ1n) is 10.6. The number of hydrogen-bond donors (Lipinski definition) is 0. The molecule has 0 radical (unpaired) electrons. The molecule has 1 aromatic heterocycles. The number of amides is 2. The van der Waals surface area contributed by atoms with E-state index in [0.29, 0.717) is 17.7 Å². The van der Waals surface area contributed by atoms with Gasteiger partial charge >= 0.3 is 0 Å². The number of likely N-dealkylation sites (tertiary alicyclic amines) is 2. The van der Waals surface area contributed by atoms with Gasteiger partial charge in [-0.25, -0.2) is 9.97 Å². The van der Waals surface area contributed by atoms with E-state index >= 15 is 0 Å². The van der Waals surface area contributed by atoms with Crippen molar-refractivity contribution in [3.8, 4) is 0 Å². The second-order valence-corrected chi connectivity index (χ2v) is 8.04. The predicted molar refractivity (Wildman–Crippen MR) is 111 cm³/mol. The van der Waals surface area contributed by atoms with Gasteiger partial charge in [-0.3, -0.25) is 9.59 Å². The number of carbonyl (C=O) groups is 2. The molecule has 0 N–H and O–H groups in total. The van der Waals surface area contributed by atoms with Crippen molar-refractivity contribution >= 4 is 11.8 Å². The highest BCUT2D eigenvalue weighted by Crippen LogP contribution is 2.26. The SMILES string of the molecule is Cc1nc(C2CCCN(C(=O)c3ccccc3)C2)ncc1C(=O)N1CCCCC1. The van der Waals surface area contributed by atoms with Gasteiger partial charge < -0.3 is 9.80 Å². The maximum absolute atomic E-state index is 12.8. The van der Waals surface area contributed by atoms with Crippen molar-refractivity contribution in [2.24, 2.45) is 0 Å². The largest absolute Gasteiger partial charge is 0.339 e. The molecule has 2 amide bonds. The van der Waals surface area contributed by atoms with E-state index in [1.54, 1.807) is 6.20 Å². The van der Waals surface area contributed by atoms with Gasteiger partial charge in [0.25, 0.3) is 11.8 Å². The van der Waals surface area contributed by atoms with Crippen molar-refractivity contribution in [2.45, 2.75) is 44.9 Å². The van der Waals surface area contributed by atoms with E-state index < -0.39 is 0 Å². The van der Waals surface area contributed by atoms with Crippen LogP contribution in [0, 0.1) is 6.92 Å². The van der Waals surface area contributed by atoms with Gasteiger partial charge in [0.2, 0.25) is 0 Å². The van der Waals surface area contributed by atoms with Crippen LogP contribution in [0.25, 0.3) is 0 Å². The van der Waals surface area contributed by atoms with Crippen molar-refractivity contribution in [3.63, 3.8) is 0 Å². The molecular formula is C23H28N4O2. The summed E-state index contributed by atoms with van der Waals surface area (Å²) >= 11 is 0. The molecule has 2 aliphatic rings. The highest BCUT2D eigenvalue weighted by Gasteiger charge is 2.28. The number of hydrogen-bond acceptors (Lipinski definition) is 4. The summed E-state index contributed by atoms with van der Waals surface area (Å²) in [5, 5.41) is 0. The molecule has 0 bridgehead atoms. The monoisotopic (exact) mass is 392 g/mol. The van der Waals surface area contributed by atoms with Gasteiger partial charge in [0, 0.05) is 43.9 Å². The van der Waals surface area contributed by atoms with Crippen LogP contribution in [0.4, 0.5) is 0 Å². The summed E-state index contributed by atoms with van der Waals surface area (Å²) in [4.78, 5) is 38.6. The van der Waals surface area contributed by atoms with Crippen LogP contribution in [-0.2, 0) is 0 Å². The van der Waals surface area contributed by atoms with Crippen LogP contribution in [0.5, 0.6) is 0 Å². The number of benzene rings is 1. The molecule has 0 aliphatic carbocycles. The van der Waals surface area contributed by atoms with Gasteiger partial charge in [0.15, 0.2) is 0 Å². The lowest BCUT2D eigenvalue weighted by Gasteiger charge is -2.32. The summed E-state index contributed by atoms with van der Waals surface area (Å²) in [5.41, 5.74) is 2.05. The van der Waals surface area contributed by atoms with Crippen LogP contribution >= 0.6 is 0 Å². The number of carbonyl (C=O) groups excluding carboxylic acids is 2. The van der Waals surface area contributed by atoms with Crippen LogP contribution in [0.1, 0.15) is 70.3 Å². The Balaban J connectivity index is 1.47. The van der Waals surface area contributed by atoms with Gasteiger partial charge in [-0.15, -0.1) is 0 Å². The Bertz CT molecular complexity index is 878. The lowest BCUT2D eigenvalue weighted by Crippen LogP contribution is -2.39. The molecule has 2 aromatic rings. The van der Waals surface area contributed by atoms with Gasteiger partial charge in [0.05, 0.1) is 11.3 Å². The summed E-state index contributed by atoms with van der Waals surface area (Å²) in [7, 11) is 0. The van der Waals surface area contributed by atoms with Crippen molar-refractivity contribution in [2.75, 3.05) is 26.2 Å². The molecule has 152 valence electrons. The van der Waals surface area contributed by atoms with Crippen LogP contribution in [0.2, 0.25) is 0 Å². The molecule has 4 rings (SSSR count). The summed E-state index contributed by atoms with van der Waals surface area (Å²) in [6.07, 6.45) is 6.90. The zero-order valence-electron chi connectivity index (χ0n) is 17.0. The van der Waals surface area contributed by atoms with Crippen LogP contribution < -0.4 is 0 Å². The molecule has 3 heterocycles. The molecule has 0 saturated carbocycles. The molecule has 1 atom stereocenters. The molecule has 2 fully saturated rings. The summed E-state index contributed by atoms with van der Waals surface area (Å²) in [6.45, 7) is 4.90. The smallest absolute Gasteiger partial charge is 0.257 e. The van der Waals surface area contributed by atoms with Gasteiger partial charge in [-0.2, -0.15) is 0 Å². The van der Waals surface area contributed by atoms with Gasteiger partial charge in [0.1, 0.15) is 5.82 Å². The first-order chi connectivity index (χ1) is 14.1. The summed E-state index contributed by atoms with van der Waals surface area (Å²) < 4.78 is 0. The van der Waals surface area contributed by atoms with Crippen LogP contribution in [0.15, 0.2) is 36.5 Å². The molecule has 6 nitrogen and oxygen atoms in total. The predicted octanol–water partition coefficient (Wildman–Crippen LogP) is 3.43. The summed E-state index contributed by atoms with van der Waals surface area (Å²) in [5.74, 6) is 0.944. The average Bonchev–Trinajstić information content (AvgIpc) is 2.79. The highest BCUT2D eigenvalue weighted by atomic mass is 16.2. The third-order valence-electron chi connectivity index (χ3n) is 5.97. The minimum atomic E-state index is 0.0401. The Labute approximate surface area is 172 Å². The standard InChI is InChI=1S/C23H28N4O2/c1-17-20(23(29)26-12-6-3-7-13-26)15-24-21(25-17)19-11-8-14-27(16-19)22(28)18-9-4-2-5-10-18/h2,4-5,9-10,15,19H,3,6-8,11-14,16H2,1H3. The normalized spacial score (nSPS) is 19.8. The average molecular weight is 393 g/mol. The van der Waals surface area contributed by atoms with Crippen molar-refractivity contribution < 1.29 is 9.59 Å².